The molecular formula is C19H30N2O2. The van der Waals surface area contributed by atoms with Crippen molar-refractivity contribution in [2.24, 2.45) is 0 Å². The predicted octanol–water partition coefficient (Wildman–Crippen LogP) is 2.73. The molecule has 23 heavy (non-hydrogen) atoms. The average Bonchev–Trinajstić information content (AvgIpc) is 2.62. The molecule has 0 radical (unpaired) electrons. The quantitative estimate of drug-likeness (QED) is 0.852. The van der Waals surface area contributed by atoms with Gasteiger partial charge in [-0.3, -0.25) is 9.80 Å². The number of nitrogens with zero attached hydrogens (tertiary/aromatic N) is 2. The minimum Gasteiger partial charge on any atom is -0.497 e. The van der Waals surface area contributed by atoms with Crippen LogP contribution in [-0.2, 0) is 10.3 Å². The van der Waals surface area contributed by atoms with Crippen molar-refractivity contribution in [3.63, 3.8) is 0 Å². The summed E-state index contributed by atoms with van der Waals surface area (Å²) < 4.78 is 10.9. The molecule has 2 fully saturated rings. The Kier molecular flexibility index (Phi) is 5.24. The van der Waals surface area contributed by atoms with Crippen LogP contribution in [0, 0.1) is 0 Å². The van der Waals surface area contributed by atoms with E-state index in [9.17, 15) is 0 Å². The summed E-state index contributed by atoms with van der Waals surface area (Å²) in [6.45, 7) is 3.98. The number of hydrogen-bond acceptors (Lipinski definition) is 4. The summed E-state index contributed by atoms with van der Waals surface area (Å²) >= 11 is 0. The molecule has 0 bridgehead atoms. The van der Waals surface area contributed by atoms with Crippen molar-refractivity contribution in [3.8, 4) is 5.75 Å². The van der Waals surface area contributed by atoms with E-state index >= 15 is 0 Å². The Balaban J connectivity index is 1.75. The van der Waals surface area contributed by atoms with Gasteiger partial charge in [-0.05, 0) is 57.5 Å². The maximum absolute atomic E-state index is 5.50. The van der Waals surface area contributed by atoms with Crippen molar-refractivity contribution in [3.05, 3.63) is 29.8 Å². The standard InChI is InChI=1S/C19H30N2O2/c1-20(2)19(16-5-4-6-18(15-16)22-3)9-7-17(8-10-19)21-11-13-23-14-12-21/h4-6,15,17H,7-14H2,1-3H3. The Bertz CT molecular complexity index is 504. The van der Waals surface area contributed by atoms with E-state index < -0.39 is 0 Å². The fourth-order valence-electron chi connectivity index (χ4n) is 4.29. The molecule has 1 aromatic carbocycles. The highest BCUT2D eigenvalue weighted by molar-refractivity contribution is 5.34. The highest BCUT2D eigenvalue weighted by Gasteiger charge is 2.40. The third kappa shape index (κ3) is 3.39. The first kappa shape index (κ1) is 16.7. The van der Waals surface area contributed by atoms with E-state index in [1.54, 1.807) is 7.11 Å². The second kappa shape index (κ2) is 7.20. The lowest BCUT2D eigenvalue weighted by molar-refractivity contribution is -0.0112. The van der Waals surface area contributed by atoms with Crippen LogP contribution in [0.25, 0.3) is 0 Å². The number of hydrogen-bond donors (Lipinski definition) is 0. The fraction of sp³-hybridized carbons (Fsp3) is 0.684. The maximum atomic E-state index is 5.50. The lowest BCUT2D eigenvalue weighted by atomic mass is 9.73. The Morgan fingerprint density at radius 2 is 1.87 bits per heavy atom. The minimum absolute atomic E-state index is 0.136. The molecule has 0 atom stereocenters. The van der Waals surface area contributed by atoms with Crippen LogP contribution in [0.2, 0.25) is 0 Å². The molecule has 0 N–H and O–H groups in total. The van der Waals surface area contributed by atoms with Crippen LogP contribution in [0.1, 0.15) is 31.2 Å². The highest BCUT2D eigenvalue weighted by Crippen LogP contribution is 2.43. The lowest BCUT2D eigenvalue weighted by Gasteiger charge is -2.48. The number of benzene rings is 1. The first-order valence-electron chi connectivity index (χ1n) is 8.79. The van der Waals surface area contributed by atoms with E-state index in [2.05, 4.69) is 42.1 Å². The maximum Gasteiger partial charge on any atom is 0.119 e. The van der Waals surface area contributed by atoms with Gasteiger partial charge in [-0.1, -0.05) is 12.1 Å². The molecule has 2 aliphatic rings. The molecule has 0 spiro atoms. The Morgan fingerprint density at radius 1 is 1.17 bits per heavy atom. The van der Waals surface area contributed by atoms with Crippen molar-refractivity contribution in [1.82, 2.24) is 9.80 Å². The Morgan fingerprint density at radius 3 is 2.48 bits per heavy atom. The molecule has 3 rings (SSSR count). The van der Waals surface area contributed by atoms with Crippen LogP contribution in [0.4, 0.5) is 0 Å². The van der Waals surface area contributed by atoms with Gasteiger partial charge in [-0.25, -0.2) is 0 Å². The second-order valence-corrected chi connectivity index (χ2v) is 7.04. The van der Waals surface area contributed by atoms with Crippen molar-refractivity contribution in [1.29, 1.82) is 0 Å². The van der Waals surface area contributed by atoms with Gasteiger partial charge in [-0.15, -0.1) is 0 Å². The average molecular weight is 318 g/mol. The van der Waals surface area contributed by atoms with Gasteiger partial charge in [0.2, 0.25) is 0 Å². The van der Waals surface area contributed by atoms with E-state index in [-0.39, 0.29) is 5.54 Å². The molecule has 0 unspecified atom stereocenters. The zero-order valence-electron chi connectivity index (χ0n) is 14.8. The van der Waals surface area contributed by atoms with Crippen molar-refractivity contribution >= 4 is 0 Å². The molecule has 1 heterocycles. The van der Waals surface area contributed by atoms with Gasteiger partial charge >= 0.3 is 0 Å². The van der Waals surface area contributed by atoms with Crippen molar-refractivity contribution in [2.45, 2.75) is 37.3 Å². The Labute approximate surface area is 140 Å². The molecule has 1 saturated carbocycles. The van der Waals surface area contributed by atoms with E-state index in [4.69, 9.17) is 9.47 Å². The van der Waals surface area contributed by atoms with E-state index in [1.807, 2.05) is 6.07 Å². The second-order valence-electron chi connectivity index (χ2n) is 7.04. The first-order valence-corrected chi connectivity index (χ1v) is 8.79. The van der Waals surface area contributed by atoms with Gasteiger partial charge < -0.3 is 9.47 Å². The normalized spacial score (nSPS) is 29.7. The molecule has 1 aromatic rings. The summed E-state index contributed by atoms with van der Waals surface area (Å²) in [5.41, 5.74) is 1.53. The summed E-state index contributed by atoms with van der Waals surface area (Å²) in [6.07, 6.45) is 4.93. The molecule has 4 heteroatoms. The van der Waals surface area contributed by atoms with Crippen LogP contribution >= 0.6 is 0 Å². The van der Waals surface area contributed by atoms with Crippen molar-refractivity contribution < 1.29 is 9.47 Å². The summed E-state index contributed by atoms with van der Waals surface area (Å²) in [6, 6.07) is 9.35. The van der Waals surface area contributed by atoms with Gasteiger partial charge in [0, 0.05) is 24.7 Å². The molecule has 1 aliphatic heterocycles. The third-order valence-corrected chi connectivity index (χ3v) is 5.81. The van der Waals surface area contributed by atoms with Gasteiger partial charge in [0.25, 0.3) is 0 Å². The van der Waals surface area contributed by atoms with Crippen LogP contribution in [0.15, 0.2) is 24.3 Å². The van der Waals surface area contributed by atoms with Gasteiger partial charge in [0.05, 0.1) is 20.3 Å². The number of rotatable bonds is 4. The summed E-state index contributed by atoms with van der Waals surface area (Å²) in [5.74, 6) is 0.957. The van der Waals surface area contributed by atoms with Gasteiger partial charge in [0.1, 0.15) is 5.75 Å². The van der Waals surface area contributed by atoms with Gasteiger partial charge in [0.15, 0.2) is 0 Å². The summed E-state index contributed by atoms with van der Waals surface area (Å²) in [7, 11) is 6.18. The molecule has 0 aromatic heterocycles. The van der Waals surface area contributed by atoms with E-state index in [0.29, 0.717) is 0 Å². The third-order valence-electron chi connectivity index (χ3n) is 5.81. The number of morpholine rings is 1. The zero-order valence-corrected chi connectivity index (χ0v) is 14.8. The van der Waals surface area contributed by atoms with E-state index in [1.165, 1.54) is 31.2 Å². The van der Waals surface area contributed by atoms with Crippen LogP contribution in [0.5, 0.6) is 5.75 Å². The largest absolute Gasteiger partial charge is 0.497 e. The summed E-state index contributed by atoms with van der Waals surface area (Å²) in [5, 5.41) is 0. The highest BCUT2D eigenvalue weighted by atomic mass is 16.5. The molecule has 4 nitrogen and oxygen atoms in total. The Hall–Kier alpha value is -1.10. The van der Waals surface area contributed by atoms with Crippen LogP contribution < -0.4 is 4.74 Å². The summed E-state index contributed by atoms with van der Waals surface area (Å²) in [4.78, 5) is 5.05. The monoisotopic (exact) mass is 318 g/mol. The fourth-order valence-corrected chi connectivity index (χ4v) is 4.29. The van der Waals surface area contributed by atoms with E-state index in [0.717, 1.165) is 38.1 Å². The van der Waals surface area contributed by atoms with Crippen LogP contribution in [-0.4, -0.2) is 63.4 Å². The van der Waals surface area contributed by atoms with Crippen LogP contribution in [0.3, 0.4) is 0 Å². The smallest absolute Gasteiger partial charge is 0.119 e. The molecule has 1 aliphatic carbocycles. The first-order chi connectivity index (χ1) is 11.2. The number of ether oxygens (including phenoxy) is 2. The minimum atomic E-state index is 0.136. The zero-order chi connectivity index (χ0) is 16.3. The number of methoxy groups -OCH3 is 1. The molecular weight excluding hydrogens is 288 g/mol. The SMILES string of the molecule is COc1cccc(C2(N(C)C)CCC(N3CCOCC3)CC2)c1. The molecule has 1 saturated heterocycles. The predicted molar refractivity (Wildman–Crippen MR) is 93.0 cm³/mol. The van der Waals surface area contributed by atoms with Crippen molar-refractivity contribution in [2.75, 3.05) is 47.5 Å². The topological polar surface area (TPSA) is 24.9 Å². The molecule has 128 valence electrons. The van der Waals surface area contributed by atoms with Gasteiger partial charge in [-0.2, -0.15) is 0 Å². The lowest BCUT2D eigenvalue weighted by Crippen LogP contribution is -2.51. The molecule has 0 amide bonds.